The Morgan fingerprint density at radius 1 is 1.33 bits per heavy atom. The summed E-state index contributed by atoms with van der Waals surface area (Å²) in [6, 6.07) is 0. The Balaban J connectivity index is 1.95. The van der Waals surface area contributed by atoms with Gasteiger partial charge in [-0.15, -0.1) is 0 Å². The summed E-state index contributed by atoms with van der Waals surface area (Å²) in [4.78, 5) is 9.29. The normalized spacial score (nSPS) is 23.7. The molecule has 1 saturated heterocycles. The molecule has 2 N–H and O–H groups in total. The second kappa shape index (κ2) is 5.89. The molecular weight excluding hydrogens is 228 g/mol. The minimum Gasteiger partial charge on any atom is -0.383 e. The van der Waals surface area contributed by atoms with Crippen molar-refractivity contribution in [3.63, 3.8) is 0 Å². The van der Waals surface area contributed by atoms with Crippen molar-refractivity contribution in [2.24, 2.45) is 10.7 Å². The first-order valence-electron chi connectivity index (χ1n) is 7.01. The first kappa shape index (κ1) is 13.6. The first-order chi connectivity index (χ1) is 8.72. The van der Waals surface area contributed by atoms with E-state index in [1.165, 1.54) is 38.9 Å². The minimum atomic E-state index is 0.173. The Labute approximate surface area is 110 Å². The standard InChI is InChI=1S/C13H26N4O/c1-3-6-16-7-4-13(5-8-16)11-15-12(14)17(13)9-10-18-2/h3-11H2,1-2H3,(H2,14,15). The Hall–Kier alpha value is -0.810. The highest BCUT2D eigenvalue weighted by Gasteiger charge is 2.43. The predicted octanol–water partition coefficient (Wildman–Crippen LogP) is 0.508. The topological polar surface area (TPSA) is 54.1 Å². The van der Waals surface area contributed by atoms with E-state index in [1.54, 1.807) is 7.11 Å². The van der Waals surface area contributed by atoms with Gasteiger partial charge in [-0.25, -0.2) is 0 Å². The van der Waals surface area contributed by atoms with Crippen molar-refractivity contribution in [1.29, 1.82) is 0 Å². The number of guanidine groups is 1. The van der Waals surface area contributed by atoms with E-state index in [9.17, 15) is 0 Å². The number of ether oxygens (including phenoxy) is 1. The van der Waals surface area contributed by atoms with Crippen molar-refractivity contribution in [3.8, 4) is 0 Å². The van der Waals surface area contributed by atoms with E-state index in [1.807, 2.05) is 0 Å². The molecule has 5 heteroatoms. The van der Waals surface area contributed by atoms with Crippen LogP contribution in [-0.4, -0.2) is 67.7 Å². The van der Waals surface area contributed by atoms with Crippen LogP contribution in [0.25, 0.3) is 0 Å². The molecule has 0 saturated carbocycles. The van der Waals surface area contributed by atoms with Crippen molar-refractivity contribution >= 4 is 5.96 Å². The van der Waals surface area contributed by atoms with Crippen LogP contribution in [0.4, 0.5) is 0 Å². The van der Waals surface area contributed by atoms with E-state index < -0.39 is 0 Å². The van der Waals surface area contributed by atoms with Gasteiger partial charge in [0.2, 0.25) is 0 Å². The van der Waals surface area contributed by atoms with Crippen LogP contribution in [0.15, 0.2) is 4.99 Å². The van der Waals surface area contributed by atoms with Crippen molar-refractivity contribution in [1.82, 2.24) is 9.80 Å². The zero-order valence-electron chi connectivity index (χ0n) is 11.7. The van der Waals surface area contributed by atoms with Gasteiger partial charge in [0.25, 0.3) is 0 Å². The summed E-state index contributed by atoms with van der Waals surface area (Å²) < 4.78 is 5.18. The fourth-order valence-electron chi connectivity index (χ4n) is 3.11. The van der Waals surface area contributed by atoms with Gasteiger partial charge < -0.3 is 20.3 Å². The second-order valence-electron chi connectivity index (χ2n) is 5.38. The molecule has 18 heavy (non-hydrogen) atoms. The average Bonchev–Trinajstić information content (AvgIpc) is 2.68. The van der Waals surface area contributed by atoms with Crippen molar-refractivity contribution in [2.75, 3.05) is 46.4 Å². The smallest absolute Gasteiger partial charge is 0.191 e. The predicted molar refractivity (Wildman–Crippen MR) is 73.8 cm³/mol. The number of hydrogen-bond donors (Lipinski definition) is 1. The lowest BCUT2D eigenvalue weighted by molar-refractivity contribution is 0.0674. The van der Waals surface area contributed by atoms with Gasteiger partial charge in [0.05, 0.1) is 18.7 Å². The Morgan fingerprint density at radius 2 is 2.06 bits per heavy atom. The molecule has 2 rings (SSSR count). The van der Waals surface area contributed by atoms with Crippen LogP contribution in [0.1, 0.15) is 26.2 Å². The summed E-state index contributed by atoms with van der Waals surface area (Å²) in [5, 5.41) is 0. The number of nitrogens with zero attached hydrogens (tertiary/aromatic N) is 3. The van der Waals surface area contributed by atoms with Gasteiger partial charge in [0.1, 0.15) is 0 Å². The molecule has 0 aliphatic carbocycles. The van der Waals surface area contributed by atoms with Crippen LogP contribution in [0, 0.1) is 0 Å². The van der Waals surface area contributed by atoms with Crippen LogP contribution in [0.5, 0.6) is 0 Å². The van der Waals surface area contributed by atoms with Gasteiger partial charge >= 0.3 is 0 Å². The molecule has 0 amide bonds. The van der Waals surface area contributed by atoms with E-state index in [2.05, 4.69) is 21.7 Å². The summed E-state index contributed by atoms with van der Waals surface area (Å²) in [6.45, 7) is 8.23. The lowest BCUT2D eigenvalue weighted by Gasteiger charge is -2.45. The largest absolute Gasteiger partial charge is 0.383 e. The molecule has 0 radical (unpaired) electrons. The van der Waals surface area contributed by atoms with Crippen molar-refractivity contribution in [2.45, 2.75) is 31.7 Å². The molecule has 5 nitrogen and oxygen atoms in total. The molecule has 2 aliphatic heterocycles. The lowest BCUT2D eigenvalue weighted by atomic mass is 9.86. The maximum Gasteiger partial charge on any atom is 0.191 e. The molecule has 0 aromatic carbocycles. The summed E-state index contributed by atoms with van der Waals surface area (Å²) >= 11 is 0. The molecule has 1 fully saturated rings. The van der Waals surface area contributed by atoms with E-state index >= 15 is 0 Å². The number of methoxy groups -OCH3 is 1. The Bertz CT molecular complexity index is 297. The minimum absolute atomic E-state index is 0.173. The molecule has 104 valence electrons. The van der Waals surface area contributed by atoms with Crippen LogP contribution in [-0.2, 0) is 4.74 Å². The fourth-order valence-corrected chi connectivity index (χ4v) is 3.11. The zero-order chi connectivity index (χ0) is 13.0. The highest BCUT2D eigenvalue weighted by Crippen LogP contribution is 2.32. The SMILES string of the molecule is CCCN1CCC2(CC1)CN=C(N)N2CCOC. The molecule has 2 heterocycles. The number of aliphatic imine (C=N–C) groups is 1. The molecule has 0 unspecified atom stereocenters. The number of nitrogens with two attached hydrogens (primary N) is 1. The number of likely N-dealkylation sites (tertiary alicyclic amines) is 1. The fraction of sp³-hybridized carbons (Fsp3) is 0.923. The van der Waals surface area contributed by atoms with Gasteiger partial charge in [-0.1, -0.05) is 6.92 Å². The van der Waals surface area contributed by atoms with Crippen molar-refractivity contribution in [3.05, 3.63) is 0 Å². The monoisotopic (exact) mass is 254 g/mol. The lowest BCUT2D eigenvalue weighted by Crippen LogP contribution is -2.58. The molecule has 0 aromatic heterocycles. The number of rotatable bonds is 5. The second-order valence-corrected chi connectivity index (χ2v) is 5.38. The molecule has 2 aliphatic rings. The molecule has 0 aromatic rings. The van der Waals surface area contributed by atoms with E-state index in [4.69, 9.17) is 10.5 Å². The van der Waals surface area contributed by atoms with Gasteiger partial charge in [-0.05, 0) is 25.8 Å². The van der Waals surface area contributed by atoms with Gasteiger partial charge in [-0.2, -0.15) is 0 Å². The zero-order valence-corrected chi connectivity index (χ0v) is 11.7. The molecule has 1 spiro atoms. The number of piperidine rings is 1. The van der Waals surface area contributed by atoms with Crippen LogP contribution >= 0.6 is 0 Å². The molecule has 0 atom stereocenters. The highest BCUT2D eigenvalue weighted by atomic mass is 16.5. The van der Waals surface area contributed by atoms with E-state index in [-0.39, 0.29) is 5.54 Å². The van der Waals surface area contributed by atoms with Gasteiger partial charge in [-0.3, -0.25) is 4.99 Å². The number of hydrogen-bond acceptors (Lipinski definition) is 5. The maximum absolute atomic E-state index is 6.03. The third-order valence-electron chi connectivity index (χ3n) is 4.23. The van der Waals surface area contributed by atoms with Gasteiger partial charge in [0, 0.05) is 26.7 Å². The van der Waals surface area contributed by atoms with E-state index in [0.717, 1.165) is 19.7 Å². The first-order valence-corrected chi connectivity index (χ1v) is 7.01. The Morgan fingerprint density at radius 3 is 2.67 bits per heavy atom. The third-order valence-corrected chi connectivity index (χ3v) is 4.23. The molecular formula is C13H26N4O. The van der Waals surface area contributed by atoms with Crippen LogP contribution in [0.2, 0.25) is 0 Å². The summed E-state index contributed by atoms with van der Waals surface area (Å²) in [7, 11) is 1.74. The summed E-state index contributed by atoms with van der Waals surface area (Å²) in [5.41, 5.74) is 6.20. The quantitative estimate of drug-likeness (QED) is 0.776. The maximum atomic E-state index is 6.03. The molecule has 0 bridgehead atoms. The average molecular weight is 254 g/mol. The summed E-state index contributed by atoms with van der Waals surface area (Å²) in [5.74, 6) is 0.705. The highest BCUT2D eigenvalue weighted by molar-refractivity contribution is 5.81. The Kier molecular flexibility index (Phi) is 4.45. The van der Waals surface area contributed by atoms with Gasteiger partial charge in [0.15, 0.2) is 5.96 Å². The van der Waals surface area contributed by atoms with Crippen LogP contribution < -0.4 is 5.73 Å². The van der Waals surface area contributed by atoms with Crippen LogP contribution in [0.3, 0.4) is 0 Å². The third kappa shape index (κ3) is 2.62. The summed E-state index contributed by atoms with van der Waals surface area (Å²) in [6.07, 6.45) is 3.57. The van der Waals surface area contributed by atoms with E-state index in [0.29, 0.717) is 5.96 Å². The van der Waals surface area contributed by atoms with Crippen molar-refractivity contribution < 1.29 is 4.74 Å².